The van der Waals surface area contributed by atoms with Crippen LogP contribution in [0.5, 0.6) is 0 Å². The minimum atomic E-state index is -0.0977. The van der Waals surface area contributed by atoms with Gasteiger partial charge in [-0.2, -0.15) is 0 Å². The predicted molar refractivity (Wildman–Crippen MR) is 86.6 cm³/mol. The van der Waals surface area contributed by atoms with Crippen LogP contribution in [0.3, 0.4) is 0 Å². The quantitative estimate of drug-likeness (QED) is 0.748. The molecule has 0 aromatic rings. The maximum atomic E-state index is 9.81. The maximum Gasteiger partial charge on any atom is 0.0541 e. The molecule has 0 radical (unpaired) electrons. The third kappa shape index (κ3) is 4.02. The molecular formula is C18H33NO3. The third-order valence-corrected chi connectivity index (χ3v) is 6.26. The van der Waals surface area contributed by atoms with Crippen LogP contribution in [0.4, 0.5) is 0 Å². The Hall–Kier alpha value is -0.160. The van der Waals surface area contributed by atoms with Crippen molar-refractivity contribution in [1.82, 2.24) is 4.90 Å². The molecular weight excluding hydrogens is 278 g/mol. The summed E-state index contributed by atoms with van der Waals surface area (Å²) in [7, 11) is 0. The van der Waals surface area contributed by atoms with Gasteiger partial charge in [0.2, 0.25) is 0 Å². The van der Waals surface area contributed by atoms with Crippen molar-refractivity contribution in [2.45, 2.75) is 113 Å². The Morgan fingerprint density at radius 3 is 0.864 bits per heavy atom. The molecule has 3 fully saturated rings. The lowest BCUT2D eigenvalue weighted by Gasteiger charge is -2.48. The van der Waals surface area contributed by atoms with Crippen molar-refractivity contribution in [3.05, 3.63) is 0 Å². The van der Waals surface area contributed by atoms with E-state index in [4.69, 9.17) is 0 Å². The van der Waals surface area contributed by atoms with E-state index in [1.807, 2.05) is 0 Å². The molecule has 0 aliphatic heterocycles. The molecule has 3 N–H and O–H groups in total. The normalized spacial score (nSPS) is 44.2. The van der Waals surface area contributed by atoms with Crippen molar-refractivity contribution in [3.8, 4) is 0 Å². The molecule has 3 aliphatic rings. The molecule has 128 valence electrons. The van der Waals surface area contributed by atoms with Gasteiger partial charge in [0, 0.05) is 18.1 Å². The maximum absolute atomic E-state index is 9.81. The first kappa shape index (κ1) is 16.7. The van der Waals surface area contributed by atoms with Crippen LogP contribution in [-0.2, 0) is 0 Å². The predicted octanol–water partition coefficient (Wildman–Crippen LogP) is 2.20. The Morgan fingerprint density at radius 1 is 0.409 bits per heavy atom. The van der Waals surface area contributed by atoms with Gasteiger partial charge in [-0.1, -0.05) is 0 Å². The summed E-state index contributed by atoms with van der Waals surface area (Å²) in [4.78, 5) is 2.77. The van der Waals surface area contributed by atoms with Gasteiger partial charge in [-0.15, -0.1) is 0 Å². The van der Waals surface area contributed by atoms with E-state index < -0.39 is 0 Å². The standard InChI is InChI=1S/C18H33NO3/c20-16-7-1-13(2-8-16)19(14-3-9-17(21)10-4-14)15-5-11-18(22)12-6-15/h13-18,20-22H,1-12H2. The van der Waals surface area contributed by atoms with E-state index in [2.05, 4.69) is 4.90 Å². The lowest BCUT2D eigenvalue weighted by atomic mass is 9.82. The SMILES string of the molecule is OC1CCC(N(C2CCC(O)CC2)C2CCC(O)CC2)CC1. The van der Waals surface area contributed by atoms with Crippen LogP contribution in [-0.4, -0.2) is 56.7 Å². The zero-order valence-electron chi connectivity index (χ0n) is 13.7. The zero-order chi connectivity index (χ0) is 15.5. The van der Waals surface area contributed by atoms with Gasteiger partial charge in [0.05, 0.1) is 18.3 Å². The molecule has 0 unspecified atom stereocenters. The lowest BCUT2D eigenvalue weighted by molar-refractivity contribution is -0.0254. The van der Waals surface area contributed by atoms with Crippen LogP contribution >= 0.6 is 0 Å². The van der Waals surface area contributed by atoms with E-state index in [0.29, 0.717) is 18.1 Å². The average molecular weight is 311 g/mol. The fraction of sp³-hybridized carbons (Fsp3) is 1.00. The van der Waals surface area contributed by atoms with Crippen molar-refractivity contribution < 1.29 is 15.3 Å². The lowest BCUT2D eigenvalue weighted by Crippen LogP contribution is -2.53. The van der Waals surface area contributed by atoms with E-state index in [1.54, 1.807) is 0 Å². The highest BCUT2D eigenvalue weighted by Gasteiger charge is 2.37. The summed E-state index contributed by atoms with van der Waals surface area (Å²) in [6.07, 6.45) is 12.0. The molecule has 0 aromatic heterocycles. The fourth-order valence-corrected chi connectivity index (χ4v) is 4.96. The molecule has 4 heteroatoms. The third-order valence-electron chi connectivity index (χ3n) is 6.26. The number of hydrogen-bond acceptors (Lipinski definition) is 4. The molecule has 0 spiro atoms. The summed E-state index contributed by atoms with van der Waals surface area (Å²) in [5, 5.41) is 29.4. The fourth-order valence-electron chi connectivity index (χ4n) is 4.96. The number of hydrogen-bond donors (Lipinski definition) is 3. The van der Waals surface area contributed by atoms with Crippen molar-refractivity contribution in [2.24, 2.45) is 0 Å². The molecule has 0 amide bonds. The first-order valence-electron chi connectivity index (χ1n) is 9.45. The second-order valence-corrected chi connectivity index (χ2v) is 7.83. The molecule has 22 heavy (non-hydrogen) atoms. The Labute approximate surface area is 134 Å². The Bertz CT molecular complexity index is 275. The van der Waals surface area contributed by atoms with E-state index in [0.717, 1.165) is 77.0 Å². The molecule has 3 aliphatic carbocycles. The van der Waals surface area contributed by atoms with Crippen LogP contribution in [0, 0.1) is 0 Å². The van der Waals surface area contributed by atoms with Gasteiger partial charge >= 0.3 is 0 Å². The summed E-state index contributed by atoms with van der Waals surface area (Å²) < 4.78 is 0. The van der Waals surface area contributed by atoms with Crippen LogP contribution in [0.15, 0.2) is 0 Å². The van der Waals surface area contributed by atoms with Gasteiger partial charge in [-0.05, 0) is 77.0 Å². The zero-order valence-corrected chi connectivity index (χ0v) is 13.7. The van der Waals surface area contributed by atoms with E-state index in [9.17, 15) is 15.3 Å². The van der Waals surface area contributed by atoms with Gasteiger partial charge in [0.25, 0.3) is 0 Å². The summed E-state index contributed by atoms with van der Waals surface area (Å²) in [5.41, 5.74) is 0. The number of rotatable bonds is 3. The Balaban J connectivity index is 1.67. The molecule has 3 saturated carbocycles. The largest absolute Gasteiger partial charge is 0.393 e. The second kappa shape index (κ2) is 7.61. The van der Waals surface area contributed by atoms with Crippen LogP contribution in [0.2, 0.25) is 0 Å². The van der Waals surface area contributed by atoms with Crippen LogP contribution in [0.1, 0.15) is 77.0 Å². The number of nitrogens with zero attached hydrogens (tertiary/aromatic N) is 1. The highest BCUT2D eigenvalue weighted by molar-refractivity contribution is 4.92. The van der Waals surface area contributed by atoms with Crippen molar-refractivity contribution in [1.29, 1.82) is 0 Å². The molecule has 0 heterocycles. The van der Waals surface area contributed by atoms with Gasteiger partial charge in [-0.25, -0.2) is 0 Å². The second-order valence-electron chi connectivity index (χ2n) is 7.83. The molecule has 3 rings (SSSR count). The molecule has 4 nitrogen and oxygen atoms in total. The van der Waals surface area contributed by atoms with E-state index in [-0.39, 0.29) is 18.3 Å². The van der Waals surface area contributed by atoms with E-state index >= 15 is 0 Å². The van der Waals surface area contributed by atoms with Gasteiger partial charge < -0.3 is 15.3 Å². The monoisotopic (exact) mass is 311 g/mol. The van der Waals surface area contributed by atoms with Crippen molar-refractivity contribution in [3.63, 3.8) is 0 Å². The molecule has 0 saturated heterocycles. The van der Waals surface area contributed by atoms with Gasteiger partial charge in [0.15, 0.2) is 0 Å². The topological polar surface area (TPSA) is 63.9 Å². The first-order chi connectivity index (χ1) is 10.6. The highest BCUT2D eigenvalue weighted by atomic mass is 16.3. The van der Waals surface area contributed by atoms with Gasteiger partial charge in [0.1, 0.15) is 0 Å². The number of aliphatic hydroxyl groups excluding tert-OH is 3. The highest BCUT2D eigenvalue weighted by Crippen LogP contribution is 2.36. The summed E-state index contributed by atoms with van der Waals surface area (Å²) in [6, 6.07) is 1.80. The Kier molecular flexibility index (Phi) is 5.77. The first-order valence-corrected chi connectivity index (χ1v) is 9.45. The summed E-state index contributed by atoms with van der Waals surface area (Å²) in [6.45, 7) is 0. The minimum Gasteiger partial charge on any atom is -0.393 e. The number of aliphatic hydroxyl groups is 3. The summed E-state index contributed by atoms with van der Waals surface area (Å²) >= 11 is 0. The average Bonchev–Trinajstić information content (AvgIpc) is 2.53. The van der Waals surface area contributed by atoms with Crippen molar-refractivity contribution in [2.75, 3.05) is 0 Å². The smallest absolute Gasteiger partial charge is 0.0541 e. The van der Waals surface area contributed by atoms with Crippen molar-refractivity contribution >= 4 is 0 Å². The molecule has 0 atom stereocenters. The molecule has 0 bridgehead atoms. The minimum absolute atomic E-state index is 0.0977. The van der Waals surface area contributed by atoms with Crippen LogP contribution in [0.25, 0.3) is 0 Å². The van der Waals surface area contributed by atoms with Gasteiger partial charge in [-0.3, -0.25) is 4.90 Å². The Morgan fingerprint density at radius 2 is 0.636 bits per heavy atom. The van der Waals surface area contributed by atoms with Crippen LogP contribution < -0.4 is 0 Å². The summed E-state index contributed by atoms with van der Waals surface area (Å²) in [5.74, 6) is 0. The van der Waals surface area contributed by atoms with E-state index in [1.165, 1.54) is 0 Å². The molecule has 0 aromatic carbocycles.